The first-order valence-electron chi connectivity index (χ1n) is 3.72. The highest BCUT2D eigenvalue weighted by molar-refractivity contribution is 8.64. The van der Waals surface area contributed by atoms with Crippen LogP contribution in [-0.2, 0) is 4.57 Å². The van der Waals surface area contributed by atoms with Gasteiger partial charge in [0.15, 0.2) is 0 Å². The number of nitrogens with two attached hydrogens (primary N) is 1. The minimum Gasteiger partial charge on any atom is -0.277 e. The standard InChI is InChI=1S/C6H15ClNOPS/c1-3-4-5-6(2)11-10(7,8)9/h6H,3-5H2,1-2H3,(H2,8,9). The molecule has 0 saturated carbocycles. The van der Waals surface area contributed by atoms with E-state index in [1.54, 1.807) is 0 Å². The van der Waals surface area contributed by atoms with E-state index in [4.69, 9.17) is 16.7 Å². The summed E-state index contributed by atoms with van der Waals surface area (Å²) in [6.45, 7) is 4.13. The van der Waals surface area contributed by atoms with Gasteiger partial charge in [-0.25, -0.2) is 0 Å². The molecule has 68 valence electrons. The molecule has 2 N–H and O–H groups in total. The Hall–Kier alpha value is 0.830. The fourth-order valence-corrected chi connectivity index (χ4v) is 4.57. The Morgan fingerprint density at radius 2 is 2.27 bits per heavy atom. The highest BCUT2D eigenvalue weighted by Crippen LogP contribution is 2.58. The monoisotopic (exact) mass is 215 g/mol. The number of hydrogen-bond acceptors (Lipinski definition) is 2. The Bertz CT molecular complexity index is 150. The summed E-state index contributed by atoms with van der Waals surface area (Å²) in [5.74, 6) is -2.87. The van der Waals surface area contributed by atoms with Gasteiger partial charge in [-0.15, -0.1) is 0 Å². The molecule has 2 unspecified atom stereocenters. The van der Waals surface area contributed by atoms with Crippen molar-refractivity contribution in [3.63, 3.8) is 0 Å². The van der Waals surface area contributed by atoms with Gasteiger partial charge in [-0.2, -0.15) is 0 Å². The fraction of sp³-hybridized carbons (Fsp3) is 1.00. The topological polar surface area (TPSA) is 43.1 Å². The maximum atomic E-state index is 10.9. The summed E-state index contributed by atoms with van der Waals surface area (Å²) in [7, 11) is 0. The van der Waals surface area contributed by atoms with E-state index in [0.717, 1.165) is 19.3 Å². The van der Waals surface area contributed by atoms with Gasteiger partial charge in [0.1, 0.15) is 0 Å². The van der Waals surface area contributed by atoms with Crippen LogP contribution in [0, 0.1) is 0 Å². The lowest BCUT2D eigenvalue weighted by Crippen LogP contribution is -1.96. The molecule has 0 spiro atoms. The van der Waals surface area contributed by atoms with Crippen LogP contribution >= 0.6 is 28.5 Å². The molecule has 0 heterocycles. The van der Waals surface area contributed by atoms with E-state index in [9.17, 15) is 4.57 Å². The zero-order chi connectivity index (χ0) is 8.91. The van der Waals surface area contributed by atoms with Gasteiger partial charge in [-0.3, -0.25) is 10.1 Å². The van der Waals surface area contributed by atoms with Crippen LogP contribution in [0.3, 0.4) is 0 Å². The van der Waals surface area contributed by atoms with Crippen molar-refractivity contribution in [2.75, 3.05) is 0 Å². The molecular formula is C6H15ClNOPS. The summed E-state index contributed by atoms with van der Waals surface area (Å²) in [6.07, 6.45) is 3.34. The average molecular weight is 216 g/mol. The predicted octanol–water partition coefficient (Wildman–Crippen LogP) is 3.60. The van der Waals surface area contributed by atoms with E-state index in [2.05, 4.69) is 6.92 Å². The highest BCUT2D eigenvalue weighted by atomic mass is 35.7. The summed E-state index contributed by atoms with van der Waals surface area (Å²) >= 11 is 6.60. The van der Waals surface area contributed by atoms with Crippen molar-refractivity contribution in [1.29, 1.82) is 0 Å². The SMILES string of the molecule is CCCCC(C)SP(N)(=O)Cl. The first kappa shape index (κ1) is 11.8. The third-order valence-electron chi connectivity index (χ3n) is 1.29. The second-order valence-electron chi connectivity index (χ2n) is 2.58. The smallest absolute Gasteiger partial charge is 0.277 e. The van der Waals surface area contributed by atoms with Gasteiger partial charge < -0.3 is 0 Å². The molecule has 0 saturated heterocycles. The molecule has 0 fully saturated rings. The number of rotatable bonds is 5. The minimum atomic E-state index is -2.87. The molecule has 0 aromatic heterocycles. The van der Waals surface area contributed by atoms with E-state index in [0.29, 0.717) is 5.25 Å². The third kappa shape index (κ3) is 8.74. The Labute approximate surface area is 77.2 Å². The van der Waals surface area contributed by atoms with E-state index in [-0.39, 0.29) is 0 Å². The maximum Gasteiger partial charge on any atom is 0.284 e. The van der Waals surface area contributed by atoms with E-state index >= 15 is 0 Å². The minimum absolute atomic E-state index is 0.309. The normalized spacial score (nSPS) is 19.3. The summed E-state index contributed by atoms with van der Waals surface area (Å²) in [5.41, 5.74) is 5.19. The number of hydrogen-bond donors (Lipinski definition) is 1. The van der Waals surface area contributed by atoms with Gasteiger partial charge in [-0.1, -0.05) is 38.1 Å². The van der Waals surface area contributed by atoms with Crippen molar-refractivity contribution < 1.29 is 4.57 Å². The second kappa shape index (κ2) is 5.47. The maximum absolute atomic E-state index is 10.9. The van der Waals surface area contributed by atoms with Crippen molar-refractivity contribution in [3.05, 3.63) is 0 Å². The van der Waals surface area contributed by atoms with Crippen LogP contribution in [0.1, 0.15) is 33.1 Å². The zero-order valence-corrected chi connectivity index (χ0v) is 9.38. The van der Waals surface area contributed by atoms with Crippen molar-refractivity contribution >= 4 is 28.5 Å². The van der Waals surface area contributed by atoms with Gasteiger partial charge >= 0.3 is 0 Å². The first-order chi connectivity index (χ1) is 4.95. The van der Waals surface area contributed by atoms with Crippen LogP contribution in [-0.4, -0.2) is 5.25 Å². The van der Waals surface area contributed by atoms with Crippen LogP contribution in [0.15, 0.2) is 0 Å². The van der Waals surface area contributed by atoms with Crippen molar-refractivity contribution in [3.8, 4) is 0 Å². The molecule has 0 aliphatic heterocycles. The molecule has 0 radical (unpaired) electrons. The Kier molecular flexibility index (Phi) is 5.88. The second-order valence-corrected chi connectivity index (χ2v) is 9.00. The van der Waals surface area contributed by atoms with Crippen LogP contribution in [0.2, 0.25) is 0 Å². The average Bonchev–Trinajstić information content (AvgIpc) is 1.79. The quantitative estimate of drug-likeness (QED) is 0.713. The van der Waals surface area contributed by atoms with E-state index < -0.39 is 5.85 Å². The fourth-order valence-electron chi connectivity index (χ4n) is 0.790. The Morgan fingerprint density at radius 3 is 2.64 bits per heavy atom. The number of halogens is 1. The van der Waals surface area contributed by atoms with Crippen molar-refractivity contribution in [2.45, 2.75) is 38.4 Å². The largest absolute Gasteiger partial charge is 0.284 e. The summed E-state index contributed by atoms with van der Waals surface area (Å²) in [6, 6.07) is 0. The van der Waals surface area contributed by atoms with Crippen LogP contribution < -0.4 is 5.50 Å². The summed E-state index contributed by atoms with van der Waals surface area (Å²) in [4.78, 5) is 0. The lowest BCUT2D eigenvalue weighted by Gasteiger charge is -2.10. The molecule has 0 aliphatic carbocycles. The molecule has 0 rings (SSSR count). The lowest BCUT2D eigenvalue weighted by molar-refractivity contribution is 0.593. The molecule has 0 aliphatic rings. The molecule has 5 heteroatoms. The molecule has 0 bridgehead atoms. The van der Waals surface area contributed by atoms with Gasteiger partial charge in [0, 0.05) is 5.25 Å². The van der Waals surface area contributed by atoms with Crippen LogP contribution in [0.5, 0.6) is 0 Å². The predicted molar refractivity (Wildman–Crippen MR) is 54.2 cm³/mol. The Morgan fingerprint density at radius 1 is 1.73 bits per heavy atom. The van der Waals surface area contributed by atoms with Gasteiger partial charge in [0.2, 0.25) is 0 Å². The Balaban J connectivity index is 3.52. The lowest BCUT2D eigenvalue weighted by atomic mass is 10.2. The van der Waals surface area contributed by atoms with E-state index in [1.165, 1.54) is 11.4 Å². The number of unbranched alkanes of at least 4 members (excludes halogenated alkanes) is 1. The van der Waals surface area contributed by atoms with Crippen LogP contribution in [0.4, 0.5) is 0 Å². The van der Waals surface area contributed by atoms with E-state index in [1.807, 2.05) is 6.92 Å². The van der Waals surface area contributed by atoms with Crippen molar-refractivity contribution in [2.24, 2.45) is 5.50 Å². The molecule has 11 heavy (non-hydrogen) atoms. The first-order valence-corrected chi connectivity index (χ1v) is 7.89. The molecule has 0 aromatic carbocycles. The molecule has 0 aromatic rings. The van der Waals surface area contributed by atoms with Gasteiger partial charge in [0.25, 0.3) is 5.85 Å². The molecule has 2 atom stereocenters. The molecule has 0 amide bonds. The molecular weight excluding hydrogens is 201 g/mol. The van der Waals surface area contributed by atoms with Crippen molar-refractivity contribution in [1.82, 2.24) is 0 Å². The third-order valence-corrected chi connectivity index (χ3v) is 4.83. The van der Waals surface area contributed by atoms with Crippen LogP contribution in [0.25, 0.3) is 0 Å². The highest BCUT2D eigenvalue weighted by Gasteiger charge is 2.16. The summed E-state index contributed by atoms with van der Waals surface area (Å²) < 4.78 is 10.9. The zero-order valence-electron chi connectivity index (χ0n) is 6.92. The molecule has 2 nitrogen and oxygen atoms in total. The summed E-state index contributed by atoms with van der Waals surface area (Å²) in [5, 5.41) is 0.309. The van der Waals surface area contributed by atoms with Gasteiger partial charge in [-0.05, 0) is 17.7 Å². The van der Waals surface area contributed by atoms with Gasteiger partial charge in [0.05, 0.1) is 0 Å².